The van der Waals surface area contributed by atoms with Gasteiger partial charge in [-0.2, -0.15) is 0 Å². The van der Waals surface area contributed by atoms with Gasteiger partial charge in [-0.1, -0.05) is 5.16 Å². The number of nitrogens with zero attached hydrogens (tertiary/aromatic N) is 1. The van der Waals surface area contributed by atoms with Crippen molar-refractivity contribution in [2.45, 2.75) is 13.3 Å². The van der Waals surface area contributed by atoms with Crippen LogP contribution in [0.1, 0.15) is 11.3 Å². The minimum Gasteiger partial charge on any atom is -0.344 e. The maximum Gasteiger partial charge on any atom is 0.248 e. The Labute approximate surface area is 73.3 Å². The second kappa shape index (κ2) is 3.55. The molecular formula is C6H7ClN2O3. The lowest BCUT2D eigenvalue weighted by Crippen LogP contribution is -2.20. The van der Waals surface area contributed by atoms with E-state index in [1.165, 1.54) is 5.48 Å². The zero-order valence-corrected chi connectivity index (χ0v) is 7.05. The first-order chi connectivity index (χ1) is 5.65. The lowest BCUT2D eigenvalue weighted by Gasteiger charge is -1.95. The lowest BCUT2D eigenvalue weighted by molar-refractivity contribution is -0.128. The van der Waals surface area contributed by atoms with E-state index < -0.39 is 5.91 Å². The van der Waals surface area contributed by atoms with E-state index in [-0.39, 0.29) is 11.6 Å². The van der Waals surface area contributed by atoms with Crippen LogP contribution in [0.3, 0.4) is 0 Å². The number of rotatable bonds is 2. The molecule has 1 amide bonds. The number of aromatic nitrogens is 1. The van der Waals surface area contributed by atoms with Gasteiger partial charge in [-0.15, -0.1) is 0 Å². The molecule has 1 aromatic rings. The average molecular weight is 191 g/mol. The van der Waals surface area contributed by atoms with Crippen molar-refractivity contribution in [3.05, 3.63) is 16.5 Å². The van der Waals surface area contributed by atoms with E-state index in [4.69, 9.17) is 16.8 Å². The highest BCUT2D eigenvalue weighted by atomic mass is 35.5. The molecular weight excluding hydrogens is 184 g/mol. The molecule has 0 unspecified atom stereocenters. The maximum absolute atomic E-state index is 10.7. The van der Waals surface area contributed by atoms with E-state index in [1.54, 1.807) is 6.92 Å². The summed E-state index contributed by atoms with van der Waals surface area (Å²) in [5.41, 5.74) is 2.52. The molecule has 6 heteroatoms. The van der Waals surface area contributed by atoms with Crippen LogP contribution in [0.4, 0.5) is 0 Å². The van der Waals surface area contributed by atoms with Crippen LogP contribution in [0.15, 0.2) is 4.52 Å². The third kappa shape index (κ3) is 1.75. The molecule has 1 aromatic heterocycles. The molecule has 0 aliphatic rings. The highest BCUT2D eigenvalue weighted by molar-refractivity contribution is 6.29. The fourth-order valence-corrected chi connectivity index (χ4v) is 0.997. The van der Waals surface area contributed by atoms with E-state index in [0.29, 0.717) is 11.3 Å². The van der Waals surface area contributed by atoms with Gasteiger partial charge in [0.15, 0.2) is 0 Å². The molecule has 0 aliphatic carbocycles. The highest BCUT2D eigenvalue weighted by Gasteiger charge is 2.13. The predicted molar refractivity (Wildman–Crippen MR) is 39.9 cm³/mol. The third-order valence-electron chi connectivity index (χ3n) is 1.40. The van der Waals surface area contributed by atoms with E-state index in [0.717, 1.165) is 0 Å². The molecule has 1 heterocycles. The second-order valence-electron chi connectivity index (χ2n) is 2.23. The minimum absolute atomic E-state index is 0.0370. The molecule has 0 bridgehead atoms. The van der Waals surface area contributed by atoms with Crippen molar-refractivity contribution in [2.24, 2.45) is 0 Å². The topological polar surface area (TPSA) is 75.4 Å². The van der Waals surface area contributed by atoms with Crippen molar-refractivity contribution in [1.29, 1.82) is 0 Å². The lowest BCUT2D eigenvalue weighted by atomic mass is 10.2. The van der Waals surface area contributed by atoms with Gasteiger partial charge in [0.05, 0.1) is 12.1 Å². The summed E-state index contributed by atoms with van der Waals surface area (Å²) in [6.45, 7) is 1.66. The molecule has 0 saturated carbocycles. The molecule has 0 radical (unpaired) electrons. The zero-order valence-electron chi connectivity index (χ0n) is 6.30. The Morgan fingerprint density at radius 3 is 2.92 bits per heavy atom. The van der Waals surface area contributed by atoms with Crippen LogP contribution >= 0.6 is 11.6 Å². The Morgan fingerprint density at radius 1 is 1.83 bits per heavy atom. The molecule has 5 nitrogen and oxygen atoms in total. The van der Waals surface area contributed by atoms with Gasteiger partial charge in [0.25, 0.3) is 0 Å². The van der Waals surface area contributed by atoms with Crippen molar-refractivity contribution >= 4 is 17.5 Å². The third-order valence-corrected chi connectivity index (χ3v) is 1.70. The SMILES string of the molecule is Cc1noc(Cl)c1CC(=O)NO. The molecule has 0 aliphatic heterocycles. The van der Waals surface area contributed by atoms with Gasteiger partial charge in [0.2, 0.25) is 11.1 Å². The van der Waals surface area contributed by atoms with Crippen molar-refractivity contribution in [3.63, 3.8) is 0 Å². The zero-order chi connectivity index (χ0) is 9.14. The van der Waals surface area contributed by atoms with Crippen molar-refractivity contribution in [2.75, 3.05) is 0 Å². The van der Waals surface area contributed by atoms with Crippen molar-refractivity contribution < 1.29 is 14.5 Å². The van der Waals surface area contributed by atoms with Crippen LogP contribution in [-0.2, 0) is 11.2 Å². The van der Waals surface area contributed by atoms with Crippen LogP contribution in [0, 0.1) is 6.92 Å². The molecule has 66 valence electrons. The number of hydrogen-bond acceptors (Lipinski definition) is 4. The number of hydrogen-bond donors (Lipinski definition) is 2. The predicted octanol–water partition coefficient (Wildman–Crippen LogP) is 0.684. The minimum atomic E-state index is -0.553. The molecule has 0 aromatic carbocycles. The summed E-state index contributed by atoms with van der Waals surface area (Å²) in [4.78, 5) is 10.7. The fraction of sp³-hybridized carbons (Fsp3) is 0.333. The average Bonchev–Trinajstić information content (AvgIpc) is 2.35. The van der Waals surface area contributed by atoms with Gasteiger partial charge in [-0.3, -0.25) is 10.0 Å². The summed E-state index contributed by atoms with van der Waals surface area (Å²) < 4.78 is 4.59. The number of hydroxylamine groups is 1. The Hall–Kier alpha value is -1.07. The summed E-state index contributed by atoms with van der Waals surface area (Å²) in [7, 11) is 0. The number of aryl methyl sites for hydroxylation is 1. The molecule has 2 N–H and O–H groups in total. The largest absolute Gasteiger partial charge is 0.344 e. The van der Waals surface area contributed by atoms with Crippen LogP contribution < -0.4 is 5.48 Å². The van der Waals surface area contributed by atoms with Crippen molar-refractivity contribution in [3.8, 4) is 0 Å². The fourth-order valence-electron chi connectivity index (χ4n) is 0.758. The van der Waals surface area contributed by atoms with E-state index in [1.807, 2.05) is 0 Å². The van der Waals surface area contributed by atoms with Gasteiger partial charge in [-0.05, 0) is 18.5 Å². The Morgan fingerprint density at radius 2 is 2.50 bits per heavy atom. The number of carbonyl (C=O) groups excluding carboxylic acids is 1. The maximum atomic E-state index is 10.7. The first-order valence-corrected chi connectivity index (χ1v) is 3.56. The van der Waals surface area contributed by atoms with E-state index in [2.05, 4.69) is 9.68 Å². The van der Waals surface area contributed by atoms with Crippen LogP contribution in [-0.4, -0.2) is 16.3 Å². The first kappa shape index (κ1) is 9.02. The quantitative estimate of drug-likeness (QED) is 0.531. The Bertz CT molecular complexity index is 277. The van der Waals surface area contributed by atoms with Gasteiger partial charge in [0, 0.05) is 5.56 Å². The van der Waals surface area contributed by atoms with Crippen LogP contribution in [0.25, 0.3) is 0 Å². The van der Waals surface area contributed by atoms with Crippen LogP contribution in [0.2, 0.25) is 5.22 Å². The molecule has 12 heavy (non-hydrogen) atoms. The standard InChI is InChI=1S/C6H7ClN2O3/c1-3-4(2-5(10)8-11)6(7)12-9-3/h11H,2H2,1H3,(H,8,10). The summed E-state index contributed by atoms with van der Waals surface area (Å²) in [6.07, 6.45) is -0.0370. The Balaban J connectivity index is 2.80. The normalized spacial score (nSPS) is 9.92. The second-order valence-corrected chi connectivity index (χ2v) is 2.58. The highest BCUT2D eigenvalue weighted by Crippen LogP contribution is 2.18. The molecule has 0 spiro atoms. The molecule has 0 atom stereocenters. The number of nitrogens with one attached hydrogen (secondary N) is 1. The molecule has 1 rings (SSSR count). The molecule has 0 fully saturated rings. The summed E-state index contributed by atoms with van der Waals surface area (Å²) in [5.74, 6) is -0.553. The monoisotopic (exact) mass is 190 g/mol. The van der Waals surface area contributed by atoms with Gasteiger partial charge in [-0.25, -0.2) is 5.48 Å². The number of amides is 1. The smallest absolute Gasteiger partial charge is 0.248 e. The van der Waals surface area contributed by atoms with Gasteiger partial charge in [0.1, 0.15) is 0 Å². The summed E-state index contributed by atoms with van der Waals surface area (Å²) in [6, 6.07) is 0. The summed E-state index contributed by atoms with van der Waals surface area (Å²) in [5, 5.41) is 11.8. The van der Waals surface area contributed by atoms with E-state index >= 15 is 0 Å². The summed E-state index contributed by atoms with van der Waals surface area (Å²) >= 11 is 5.56. The van der Waals surface area contributed by atoms with Crippen molar-refractivity contribution in [1.82, 2.24) is 10.6 Å². The van der Waals surface area contributed by atoms with Gasteiger partial charge >= 0.3 is 0 Å². The van der Waals surface area contributed by atoms with Crippen LogP contribution in [0.5, 0.6) is 0 Å². The molecule has 0 saturated heterocycles. The Kier molecular flexibility index (Phi) is 2.67. The van der Waals surface area contributed by atoms with E-state index in [9.17, 15) is 4.79 Å². The first-order valence-electron chi connectivity index (χ1n) is 3.18. The number of carbonyl (C=O) groups is 1. The number of halogens is 1. The van der Waals surface area contributed by atoms with Gasteiger partial charge < -0.3 is 4.52 Å².